The van der Waals surface area contributed by atoms with Gasteiger partial charge in [0.25, 0.3) is 0 Å². The molecule has 0 saturated carbocycles. The maximum absolute atomic E-state index is 15.7. The maximum Gasteiger partial charge on any atom is 0.329 e. The molecule has 1 atom stereocenters. The molecule has 0 radical (unpaired) electrons. The van der Waals surface area contributed by atoms with E-state index in [2.05, 4.69) is 14.9 Å². The molecule has 9 nitrogen and oxygen atoms in total. The van der Waals surface area contributed by atoms with Gasteiger partial charge in [-0.15, -0.1) is 0 Å². The molecule has 5 heterocycles. The van der Waals surface area contributed by atoms with Crippen LogP contribution in [0, 0.1) is 5.82 Å². The number of aromatic nitrogens is 4. The highest BCUT2D eigenvalue weighted by molar-refractivity contribution is 6.09. The minimum Gasteiger partial charge on any atom is -0.485 e. The van der Waals surface area contributed by atoms with Crippen molar-refractivity contribution in [1.82, 2.24) is 24.0 Å². The average molecular weight is 536 g/mol. The van der Waals surface area contributed by atoms with Gasteiger partial charge < -0.3 is 19.1 Å². The van der Waals surface area contributed by atoms with Crippen molar-refractivity contribution < 1.29 is 18.6 Å². The third kappa shape index (κ3) is 4.87. The van der Waals surface area contributed by atoms with Crippen LogP contribution in [0.3, 0.4) is 0 Å². The zero-order chi connectivity index (χ0) is 26.9. The van der Waals surface area contributed by atoms with Crippen molar-refractivity contribution in [1.29, 1.82) is 0 Å². The number of ether oxygens (including phenoxy) is 3. The zero-order valence-electron chi connectivity index (χ0n) is 22.5. The Hall–Kier alpha value is -3.50. The second-order valence-corrected chi connectivity index (χ2v) is 10.3. The van der Waals surface area contributed by atoms with Crippen LogP contribution in [0.5, 0.6) is 11.6 Å². The van der Waals surface area contributed by atoms with Crippen LogP contribution in [-0.4, -0.2) is 69.6 Å². The highest BCUT2D eigenvalue weighted by Crippen LogP contribution is 2.43. The van der Waals surface area contributed by atoms with Gasteiger partial charge in [0.2, 0.25) is 5.88 Å². The van der Waals surface area contributed by atoms with Gasteiger partial charge in [0.05, 0.1) is 53.5 Å². The lowest BCUT2D eigenvalue weighted by Crippen LogP contribution is -2.33. The summed E-state index contributed by atoms with van der Waals surface area (Å²) in [4.78, 5) is 24.5. The first kappa shape index (κ1) is 25.8. The van der Waals surface area contributed by atoms with Crippen molar-refractivity contribution in [3.05, 3.63) is 46.9 Å². The SMILES string of the molecule is CCOCC1Cn2c(=O)n(C)c3cnc4cc(F)c(-c5ccc(OCCCN6CCCCC6)nc5)c(c4c32)O1. The number of pyridine rings is 2. The molecule has 0 amide bonds. The number of hydrogen-bond donors (Lipinski definition) is 0. The fourth-order valence-corrected chi connectivity index (χ4v) is 5.72. The molecule has 1 unspecified atom stereocenters. The number of halogens is 1. The van der Waals surface area contributed by atoms with E-state index in [-0.39, 0.29) is 24.4 Å². The van der Waals surface area contributed by atoms with Crippen molar-refractivity contribution in [3.8, 4) is 22.8 Å². The maximum atomic E-state index is 15.7. The molecule has 0 N–H and O–H groups in total. The monoisotopic (exact) mass is 535 g/mol. The van der Waals surface area contributed by atoms with Crippen molar-refractivity contribution in [2.75, 3.05) is 39.5 Å². The Balaban J connectivity index is 1.33. The second kappa shape index (κ2) is 10.9. The van der Waals surface area contributed by atoms with Gasteiger partial charge in [0.1, 0.15) is 17.7 Å². The molecule has 6 rings (SSSR count). The van der Waals surface area contributed by atoms with E-state index < -0.39 is 11.9 Å². The number of likely N-dealkylation sites (tertiary alicyclic amines) is 1. The Bertz CT molecular complexity index is 1540. The molecule has 10 heteroatoms. The van der Waals surface area contributed by atoms with Crippen molar-refractivity contribution in [3.63, 3.8) is 0 Å². The molecule has 206 valence electrons. The van der Waals surface area contributed by atoms with Crippen LogP contribution in [0.15, 0.2) is 35.4 Å². The Labute approximate surface area is 226 Å². The highest BCUT2D eigenvalue weighted by Gasteiger charge is 2.29. The van der Waals surface area contributed by atoms with Gasteiger partial charge in [0.15, 0.2) is 0 Å². The topological polar surface area (TPSA) is 83.6 Å². The third-order valence-electron chi connectivity index (χ3n) is 7.69. The minimum absolute atomic E-state index is 0.174. The molecule has 1 fully saturated rings. The normalized spacial score (nSPS) is 17.6. The van der Waals surface area contributed by atoms with E-state index in [1.807, 2.05) is 6.92 Å². The third-order valence-corrected chi connectivity index (χ3v) is 7.69. The van der Waals surface area contributed by atoms with Crippen LogP contribution in [0.2, 0.25) is 0 Å². The van der Waals surface area contributed by atoms with Gasteiger partial charge in [-0.2, -0.15) is 0 Å². The first-order chi connectivity index (χ1) is 19.0. The van der Waals surface area contributed by atoms with E-state index in [0.29, 0.717) is 52.3 Å². The summed E-state index contributed by atoms with van der Waals surface area (Å²) in [6.45, 7) is 6.89. The Kier molecular flexibility index (Phi) is 7.22. The molecule has 0 aliphatic carbocycles. The molecule has 39 heavy (non-hydrogen) atoms. The first-order valence-electron chi connectivity index (χ1n) is 13.8. The quantitative estimate of drug-likeness (QED) is 0.298. The predicted octanol–water partition coefficient (Wildman–Crippen LogP) is 4.14. The molecule has 0 bridgehead atoms. The number of benzene rings is 1. The van der Waals surface area contributed by atoms with Gasteiger partial charge in [-0.05, 0) is 45.3 Å². The van der Waals surface area contributed by atoms with Crippen LogP contribution in [0.1, 0.15) is 32.6 Å². The highest BCUT2D eigenvalue weighted by atomic mass is 19.1. The number of rotatable bonds is 9. The minimum atomic E-state index is -0.486. The summed E-state index contributed by atoms with van der Waals surface area (Å²) in [5, 5.41) is 0.610. The summed E-state index contributed by atoms with van der Waals surface area (Å²) < 4.78 is 36.9. The van der Waals surface area contributed by atoms with E-state index in [1.165, 1.54) is 38.4 Å². The molecule has 1 saturated heterocycles. The number of piperidine rings is 1. The summed E-state index contributed by atoms with van der Waals surface area (Å²) in [5.41, 5.74) is 2.45. The summed E-state index contributed by atoms with van der Waals surface area (Å²) in [7, 11) is 1.72. The summed E-state index contributed by atoms with van der Waals surface area (Å²) in [6.07, 6.45) is 7.55. The fourth-order valence-electron chi connectivity index (χ4n) is 5.72. The molecular formula is C29H34FN5O4. The lowest BCUT2D eigenvalue weighted by Gasteiger charge is -2.26. The lowest BCUT2D eigenvalue weighted by atomic mass is 10.0. The van der Waals surface area contributed by atoms with Crippen molar-refractivity contribution in [2.24, 2.45) is 7.05 Å². The largest absolute Gasteiger partial charge is 0.485 e. The van der Waals surface area contributed by atoms with Crippen molar-refractivity contribution in [2.45, 2.75) is 45.3 Å². The molecular weight excluding hydrogens is 501 g/mol. The van der Waals surface area contributed by atoms with E-state index in [4.69, 9.17) is 14.2 Å². The second-order valence-electron chi connectivity index (χ2n) is 10.3. The number of hydrogen-bond acceptors (Lipinski definition) is 7. The van der Waals surface area contributed by atoms with Crippen LogP contribution >= 0.6 is 0 Å². The molecule has 3 aromatic heterocycles. The van der Waals surface area contributed by atoms with Crippen LogP contribution in [-0.2, 0) is 18.3 Å². The average Bonchev–Trinajstić information content (AvgIpc) is 3.08. The molecule has 2 aliphatic rings. The lowest BCUT2D eigenvalue weighted by molar-refractivity contribution is 0.0498. The fraction of sp³-hybridized carbons (Fsp3) is 0.483. The first-order valence-corrected chi connectivity index (χ1v) is 13.8. The van der Waals surface area contributed by atoms with E-state index in [9.17, 15) is 4.79 Å². The van der Waals surface area contributed by atoms with Gasteiger partial charge >= 0.3 is 5.69 Å². The number of nitrogens with zero attached hydrogens (tertiary/aromatic N) is 5. The summed E-state index contributed by atoms with van der Waals surface area (Å²) in [5.74, 6) is 0.380. The molecule has 0 spiro atoms. The smallest absolute Gasteiger partial charge is 0.329 e. The van der Waals surface area contributed by atoms with Gasteiger partial charge in [-0.3, -0.25) is 14.1 Å². The van der Waals surface area contributed by atoms with Crippen LogP contribution < -0.4 is 15.2 Å². The van der Waals surface area contributed by atoms with Crippen molar-refractivity contribution >= 4 is 21.9 Å². The van der Waals surface area contributed by atoms with E-state index >= 15 is 4.39 Å². The van der Waals surface area contributed by atoms with Gasteiger partial charge in [0, 0.05) is 44.1 Å². The standard InChI is InChI=1S/C29H34FN5O4/c1-3-37-18-20-17-35-27-23(33(2)29(35)36)16-31-22-14-21(30)25(28(39-20)26(22)27)19-8-9-24(32-15-19)38-13-7-12-34-10-5-4-6-11-34/h8-9,14-16,20H,3-7,10-13,17-18H2,1-2H3. The summed E-state index contributed by atoms with van der Waals surface area (Å²) in [6, 6.07) is 4.95. The summed E-state index contributed by atoms with van der Waals surface area (Å²) >= 11 is 0. The number of aryl methyl sites for hydroxylation is 1. The zero-order valence-corrected chi connectivity index (χ0v) is 22.5. The van der Waals surface area contributed by atoms with E-state index in [0.717, 1.165) is 13.0 Å². The molecule has 1 aromatic carbocycles. The molecule has 2 aliphatic heterocycles. The Morgan fingerprint density at radius 3 is 2.77 bits per heavy atom. The number of imidazole rings is 1. The van der Waals surface area contributed by atoms with Gasteiger partial charge in [-0.25, -0.2) is 14.2 Å². The van der Waals surface area contributed by atoms with Crippen LogP contribution in [0.4, 0.5) is 4.39 Å². The Morgan fingerprint density at radius 2 is 2.00 bits per heavy atom. The van der Waals surface area contributed by atoms with Gasteiger partial charge in [-0.1, -0.05) is 6.42 Å². The Morgan fingerprint density at radius 1 is 1.15 bits per heavy atom. The van der Waals surface area contributed by atoms with Crippen LogP contribution in [0.25, 0.3) is 33.1 Å². The predicted molar refractivity (Wildman–Crippen MR) is 147 cm³/mol. The molecule has 4 aromatic rings. The van der Waals surface area contributed by atoms with E-state index in [1.54, 1.807) is 40.7 Å².